The molecule has 0 aromatic carbocycles. The van der Waals surface area contributed by atoms with Gasteiger partial charge in [0, 0.05) is 0 Å². The summed E-state index contributed by atoms with van der Waals surface area (Å²) < 4.78 is 5.13. The average molecular weight is 196 g/mol. The van der Waals surface area contributed by atoms with Crippen LogP contribution in [0, 0.1) is 5.92 Å². The molecule has 0 unspecified atom stereocenters. The van der Waals surface area contributed by atoms with Crippen LogP contribution in [0.2, 0.25) is 0 Å². The van der Waals surface area contributed by atoms with E-state index < -0.39 is 0 Å². The van der Waals surface area contributed by atoms with Gasteiger partial charge in [0.05, 0.1) is 6.04 Å². The third-order valence-corrected chi connectivity index (χ3v) is 3.37. The van der Waals surface area contributed by atoms with Gasteiger partial charge < -0.3 is 10.5 Å². The quantitative estimate of drug-likeness (QED) is 0.751. The minimum Gasteiger partial charge on any atom is -0.463 e. The van der Waals surface area contributed by atoms with Gasteiger partial charge in [-0.2, -0.15) is 0 Å². The Labute approximate surface area is 85.7 Å². The molecule has 2 aliphatic rings. The van der Waals surface area contributed by atoms with E-state index in [-0.39, 0.29) is 0 Å². The molecule has 0 amide bonds. The lowest BCUT2D eigenvalue weighted by atomic mass is 9.85. The van der Waals surface area contributed by atoms with E-state index in [1.807, 2.05) is 0 Å². The lowest BCUT2D eigenvalue weighted by Gasteiger charge is -2.21. The second-order valence-corrected chi connectivity index (χ2v) is 4.51. The zero-order valence-corrected chi connectivity index (χ0v) is 8.74. The van der Waals surface area contributed by atoms with Crippen LogP contribution in [0.5, 0.6) is 0 Å². The number of nitrogens with two attached hydrogens (primary N) is 1. The second kappa shape index (κ2) is 4.67. The number of rotatable bonds is 3. The van der Waals surface area contributed by atoms with Crippen molar-refractivity contribution in [2.45, 2.75) is 51.0 Å². The summed E-state index contributed by atoms with van der Waals surface area (Å²) in [5.74, 6) is 0.945. The van der Waals surface area contributed by atoms with Crippen molar-refractivity contribution in [2.75, 3.05) is 6.61 Å². The van der Waals surface area contributed by atoms with Crippen molar-refractivity contribution < 1.29 is 4.74 Å². The highest BCUT2D eigenvalue weighted by Crippen LogP contribution is 2.28. The van der Waals surface area contributed by atoms with Crippen molar-refractivity contribution in [1.82, 2.24) is 0 Å². The normalized spacial score (nSPS) is 28.6. The summed E-state index contributed by atoms with van der Waals surface area (Å²) in [5.41, 5.74) is 5.46. The van der Waals surface area contributed by atoms with Crippen LogP contribution in [0.25, 0.3) is 0 Å². The Morgan fingerprint density at radius 2 is 2.00 bits per heavy atom. The summed E-state index contributed by atoms with van der Waals surface area (Å²) in [6, 6.07) is 0.732. The molecule has 0 saturated heterocycles. The summed E-state index contributed by atoms with van der Waals surface area (Å²) in [5, 5.41) is 0. The lowest BCUT2D eigenvalue weighted by molar-refractivity contribution is 0.282. The molecule has 1 aliphatic heterocycles. The first kappa shape index (κ1) is 9.81. The average Bonchev–Trinajstić information content (AvgIpc) is 2.63. The molecule has 1 heterocycles. The Kier molecular flexibility index (Phi) is 3.27. The Morgan fingerprint density at radius 3 is 2.64 bits per heavy atom. The van der Waals surface area contributed by atoms with Gasteiger partial charge >= 0.3 is 0 Å². The van der Waals surface area contributed by atoms with Crippen molar-refractivity contribution in [3.63, 3.8) is 0 Å². The Bertz CT molecular complexity index is 209. The van der Waals surface area contributed by atoms with Crippen molar-refractivity contribution in [1.29, 1.82) is 0 Å². The molecule has 0 bridgehead atoms. The van der Waals surface area contributed by atoms with Crippen molar-refractivity contribution >= 4 is 6.02 Å². The van der Waals surface area contributed by atoms with E-state index in [9.17, 15) is 0 Å². The molecule has 0 radical (unpaired) electrons. The molecule has 2 N–H and O–H groups in total. The van der Waals surface area contributed by atoms with Crippen LogP contribution in [0.3, 0.4) is 0 Å². The van der Waals surface area contributed by atoms with E-state index >= 15 is 0 Å². The second-order valence-electron chi connectivity index (χ2n) is 4.51. The highest BCUT2D eigenvalue weighted by Gasteiger charge is 2.19. The standard InChI is InChI=1S/C11H20N2O/c12-11-13-10(8-14-11)7-6-9-4-2-1-3-5-9/h9-10H,1-8H2,(H2,12,13)/t10-/m0/s1. The van der Waals surface area contributed by atoms with Crippen LogP contribution in [-0.2, 0) is 4.74 Å². The Hall–Kier alpha value is -0.730. The molecule has 3 nitrogen and oxygen atoms in total. The first-order valence-corrected chi connectivity index (χ1v) is 5.80. The molecule has 3 heteroatoms. The van der Waals surface area contributed by atoms with Gasteiger partial charge in [0.1, 0.15) is 6.61 Å². The maximum atomic E-state index is 5.46. The van der Waals surface area contributed by atoms with Crippen molar-refractivity contribution in [3.05, 3.63) is 0 Å². The fraction of sp³-hybridized carbons (Fsp3) is 0.909. The zero-order valence-electron chi connectivity index (χ0n) is 8.74. The number of ether oxygens (including phenoxy) is 1. The summed E-state index contributed by atoms with van der Waals surface area (Å²) in [7, 11) is 0. The van der Waals surface area contributed by atoms with E-state index in [2.05, 4.69) is 4.99 Å². The predicted octanol–water partition coefficient (Wildman–Crippen LogP) is 2.06. The molecule has 1 atom stereocenters. The van der Waals surface area contributed by atoms with Gasteiger partial charge in [-0.15, -0.1) is 0 Å². The molecule has 1 saturated carbocycles. The number of nitrogens with zero attached hydrogens (tertiary/aromatic N) is 1. The van der Waals surface area contributed by atoms with Crippen LogP contribution in [-0.4, -0.2) is 18.7 Å². The van der Waals surface area contributed by atoms with Crippen LogP contribution >= 0.6 is 0 Å². The van der Waals surface area contributed by atoms with Gasteiger partial charge in [0.25, 0.3) is 6.02 Å². The molecule has 1 aliphatic carbocycles. The van der Waals surface area contributed by atoms with Crippen molar-refractivity contribution in [2.24, 2.45) is 16.6 Å². The number of aliphatic imine (C=N–C) groups is 1. The van der Waals surface area contributed by atoms with E-state index in [1.54, 1.807) is 0 Å². The van der Waals surface area contributed by atoms with E-state index in [0.717, 1.165) is 12.3 Å². The van der Waals surface area contributed by atoms with Gasteiger partial charge in [-0.1, -0.05) is 32.1 Å². The van der Waals surface area contributed by atoms with Crippen LogP contribution < -0.4 is 5.73 Å². The molecule has 1 fully saturated rings. The molecule has 0 aromatic rings. The summed E-state index contributed by atoms with van der Waals surface area (Å²) in [6.07, 6.45) is 9.61. The fourth-order valence-electron chi connectivity index (χ4n) is 2.49. The highest BCUT2D eigenvalue weighted by molar-refractivity contribution is 5.72. The smallest absolute Gasteiger partial charge is 0.282 e. The van der Waals surface area contributed by atoms with Gasteiger partial charge in [-0.25, -0.2) is 4.99 Å². The molecule has 2 rings (SSSR count). The number of amidine groups is 1. The third kappa shape index (κ3) is 2.63. The molecular formula is C11H20N2O. The number of hydrogen-bond acceptors (Lipinski definition) is 3. The van der Waals surface area contributed by atoms with Gasteiger partial charge in [0.2, 0.25) is 0 Å². The summed E-state index contributed by atoms with van der Waals surface area (Å²) in [4.78, 5) is 4.25. The van der Waals surface area contributed by atoms with E-state index in [4.69, 9.17) is 10.5 Å². The first-order valence-electron chi connectivity index (χ1n) is 5.80. The Morgan fingerprint density at radius 1 is 1.21 bits per heavy atom. The minimum absolute atomic E-state index is 0.344. The number of hydrogen-bond donors (Lipinski definition) is 1. The van der Waals surface area contributed by atoms with Crippen LogP contribution in [0.1, 0.15) is 44.9 Å². The summed E-state index contributed by atoms with van der Waals surface area (Å²) in [6.45, 7) is 0.707. The molecule has 14 heavy (non-hydrogen) atoms. The lowest BCUT2D eigenvalue weighted by Crippen LogP contribution is -2.12. The van der Waals surface area contributed by atoms with E-state index in [0.29, 0.717) is 18.7 Å². The van der Waals surface area contributed by atoms with Gasteiger partial charge in [-0.3, -0.25) is 0 Å². The monoisotopic (exact) mass is 196 g/mol. The largest absolute Gasteiger partial charge is 0.463 e. The van der Waals surface area contributed by atoms with Crippen molar-refractivity contribution in [3.8, 4) is 0 Å². The molecule has 0 aromatic heterocycles. The predicted molar refractivity (Wildman–Crippen MR) is 57.2 cm³/mol. The topological polar surface area (TPSA) is 47.6 Å². The third-order valence-electron chi connectivity index (χ3n) is 3.37. The van der Waals surface area contributed by atoms with Gasteiger partial charge in [-0.05, 0) is 18.8 Å². The van der Waals surface area contributed by atoms with Gasteiger partial charge in [0.15, 0.2) is 0 Å². The zero-order chi connectivity index (χ0) is 9.80. The molecule has 80 valence electrons. The maximum absolute atomic E-state index is 5.46. The maximum Gasteiger partial charge on any atom is 0.282 e. The van der Waals surface area contributed by atoms with E-state index in [1.165, 1.54) is 38.5 Å². The van der Waals surface area contributed by atoms with Crippen LogP contribution in [0.15, 0.2) is 4.99 Å². The minimum atomic E-state index is 0.344. The fourth-order valence-corrected chi connectivity index (χ4v) is 2.49. The first-order chi connectivity index (χ1) is 6.84. The Balaban J connectivity index is 1.66. The molecular weight excluding hydrogens is 176 g/mol. The van der Waals surface area contributed by atoms with Crippen LogP contribution in [0.4, 0.5) is 0 Å². The molecule has 0 spiro atoms. The highest BCUT2D eigenvalue weighted by atomic mass is 16.5. The SMILES string of the molecule is NC1=N[C@@H](CCC2CCCCC2)CO1. The summed E-state index contributed by atoms with van der Waals surface area (Å²) >= 11 is 0.